The predicted octanol–water partition coefficient (Wildman–Crippen LogP) is 1.25. The van der Waals surface area contributed by atoms with E-state index in [2.05, 4.69) is 9.97 Å². The first-order valence-electron chi connectivity index (χ1n) is 3.67. The van der Waals surface area contributed by atoms with Crippen LogP contribution in [0.15, 0.2) is 18.6 Å². The van der Waals surface area contributed by atoms with Crippen molar-refractivity contribution in [2.24, 2.45) is 0 Å². The lowest BCUT2D eigenvalue weighted by atomic mass is 10.1. The van der Waals surface area contributed by atoms with Crippen molar-refractivity contribution >= 4 is 17.2 Å². The minimum Gasteiger partial charge on any atom is -0.359 e. The Morgan fingerprint density at radius 1 is 1.54 bits per heavy atom. The van der Waals surface area contributed by atoms with E-state index in [1.54, 1.807) is 12.4 Å². The van der Waals surface area contributed by atoms with Gasteiger partial charge in [0.15, 0.2) is 6.29 Å². The minimum absolute atomic E-state index is 0.417. The second-order valence-electron chi connectivity index (χ2n) is 2.58. The largest absolute Gasteiger partial charge is 0.359 e. The Kier molecular flexibility index (Phi) is 1.57. The first-order valence-corrected chi connectivity index (χ1v) is 3.67. The van der Waals surface area contributed by atoms with E-state index in [-0.39, 0.29) is 0 Å². The standard InChI is InChI=1S/C9H5N3O/c10-1-6-2-11-4-8-9(6)7(5-13)3-12-8/h2-5,12H. The van der Waals surface area contributed by atoms with E-state index >= 15 is 0 Å². The third kappa shape index (κ3) is 0.983. The fraction of sp³-hybridized carbons (Fsp3) is 0. The van der Waals surface area contributed by atoms with E-state index in [0.717, 1.165) is 6.29 Å². The van der Waals surface area contributed by atoms with Gasteiger partial charge in [0.25, 0.3) is 0 Å². The number of pyridine rings is 1. The number of aromatic nitrogens is 2. The van der Waals surface area contributed by atoms with E-state index < -0.39 is 0 Å². The maximum absolute atomic E-state index is 10.6. The fourth-order valence-corrected chi connectivity index (χ4v) is 1.29. The Morgan fingerprint density at radius 3 is 3.08 bits per heavy atom. The van der Waals surface area contributed by atoms with Crippen molar-refractivity contribution in [3.63, 3.8) is 0 Å². The molecule has 2 aromatic heterocycles. The number of carbonyl (C=O) groups is 1. The lowest BCUT2D eigenvalue weighted by Crippen LogP contribution is -1.82. The molecule has 0 aliphatic carbocycles. The Hall–Kier alpha value is -2.15. The molecule has 0 saturated heterocycles. The van der Waals surface area contributed by atoms with Gasteiger partial charge in [-0.3, -0.25) is 9.78 Å². The van der Waals surface area contributed by atoms with Crippen LogP contribution in [0.1, 0.15) is 15.9 Å². The highest BCUT2D eigenvalue weighted by molar-refractivity contribution is 5.99. The van der Waals surface area contributed by atoms with Crippen LogP contribution in [-0.2, 0) is 0 Å². The Morgan fingerprint density at radius 2 is 2.38 bits per heavy atom. The average Bonchev–Trinajstić information content (AvgIpc) is 2.60. The number of H-pyrrole nitrogens is 1. The summed E-state index contributed by atoms with van der Waals surface area (Å²) in [7, 11) is 0. The van der Waals surface area contributed by atoms with Gasteiger partial charge in [0.1, 0.15) is 6.07 Å². The average molecular weight is 171 g/mol. The van der Waals surface area contributed by atoms with Crippen LogP contribution in [-0.4, -0.2) is 16.3 Å². The van der Waals surface area contributed by atoms with E-state index in [9.17, 15) is 4.79 Å². The van der Waals surface area contributed by atoms with Crippen molar-refractivity contribution < 1.29 is 4.79 Å². The highest BCUT2D eigenvalue weighted by Crippen LogP contribution is 2.19. The summed E-state index contributed by atoms with van der Waals surface area (Å²) >= 11 is 0. The van der Waals surface area contributed by atoms with Gasteiger partial charge in [0, 0.05) is 23.3 Å². The SMILES string of the molecule is N#Cc1cncc2[nH]cc(C=O)c12. The van der Waals surface area contributed by atoms with Crippen LogP contribution in [0.3, 0.4) is 0 Å². The van der Waals surface area contributed by atoms with E-state index in [1.807, 2.05) is 6.07 Å². The fourth-order valence-electron chi connectivity index (χ4n) is 1.29. The van der Waals surface area contributed by atoms with Crippen molar-refractivity contribution in [1.82, 2.24) is 9.97 Å². The number of fused-ring (bicyclic) bond motifs is 1. The monoisotopic (exact) mass is 171 g/mol. The molecule has 0 aliphatic heterocycles. The molecule has 4 heteroatoms. The Bertz CT molecular complexity index is 507. The van der Waals surface area contributed by atoms with Crippen LogP contribution in [0.5, 0.6) is 0 Å². The number of nitrogens with zero attached hydrogens (tertiary/aromatic N) is 2. The van der Waals surface area contributed by atoms with Gasteiger partial charge in [-0.1, -0.05) is 0 Å². The molecule has 2 heterocycles. The summed E-state index contributed by atoms with van der Waals surface area (Å²) in [4.78, 5) is 17.3. The number of aromatic amines is 1. The maximum atomic E-state index is 10.6. The van der Waals surface area contributed by atoms with Crippen molar-refractivity contribution in [1.29, 1.82) is 5.26 Å². The number of nitriles is 1. The summed E-state index contributed by atoms with van der Waals surface area (Å²) in [5, 5.41) is 9.40. The van der Waals surface area contributed by atoms with Crippen LogP contribution in [0.2, 0.25) is 0 Å². The Balaban J connectivity index is 2.93. The van der Waals surface area contributed by atoms with Gasteiger partial charge in [-0.2, -0.15) is 5.26 Å². The van der Waals surface area contributed by atoms with Gasteiger partial charge in [-0.25, -0.2) is 0 Å². The first-order chi connectivity index (χ1) is 6.36. The van der Waals surface area contributed by atoms with E-state index in [1.165, 1.54) is 6.20 Å². The Labute approximate surface area is 73.8 Å². The summed E-state index contributed by atoms with van der Waals surface area (Å²) in [6.45, 7) is 0. The third-order valence-electron chi connectivity index (χ3n) is 1.87. The van der Waals surface area contributed by atoms with Crippen molar-refractivity contribution in [3.8, 4) is 6.07 Å². The van der Waals surface area contributed by atoms with Crippen molar-refractivity contribution in [3.05, 3.63) is 29.7 Å². The summed E-state index contributed by atoms with van der Waals surface area (Å²) < 4.78 is 0. The molecule has 1 N–H and O–H groups in total. The summed E-state index contributed by atoms with van der Waals surface area (Å²) in [5.74, 6) is 0. The molecular weight excluding hydrogens is 166 g/mol. The molecule has 0 amide bonds. The molecule has 13 heavy (non-hydrogen) atoms. The number of nitrogens with one attached hydrogen (secondary N) is 1. The van der Waals surface area contributed by atoms with Gasteiger partial charge < -0.3 is 4.98 Å². The normalized spacial score (nSPS) is 9.77. The molecule has 0 bridgehead atoms. The van der Waals surface area contributed by atoms with Crippen LogP contribution < -0.4 is 0 Å². The highest BCUT2D eigenvalue weighted by atomic mass is 16.1. The van der Waals surface area contributed by atoms with E-state index in [4.69, 9.17) is 5.26 Å². The number of hydrogen-bond acceptors (Lipinski definition) is 3. The minimum atomic E-state index is 0.417. The second kappa shape index (κ2) is 2.72. The molecule has 2 rings (SSSR count). The van der Waals surface area contributed by atoms with Gasteiger partial charge in [0.2, 0.25) is 0 Å². The summed E-state index contributed by atoms with van der Waals surface area (Å²) in [6, 6.07) is 1.99. The lowest BCUT2D eigenvalue weighted by molar-refractivity contribution is 0.112. The predicted molar refractivity (Wildman–Crippen MR) is 46.2 cm³/mol. The summed E-state index contributed by atoms with van der Waals surface area (Å²) in [6.07, 6.45) is 5.33. The molecule has 0 aromatic carbocycles. The van der Waals surface area contributed by atoms with Gasteiger partial charge in [-0.05, 0) is 0 Å². The molecule has 0 radical (unpaired) electrons. The number of rotatable bonds is 1. The highest BCUT2D eigenvalue weighted by Gasteiger charge is 2.07. The molecule has 0 aliphatic rings. The molecule has 0 spiro atoms. The molecule has 62 valence electrons. The van der Waals surface area contributed by atoms with Gasteiger partial charge in [-0.15, -0.1) is 0 Å². The lowest BCUT2D eigenvalue weighted by Gasteiger charge is -1.91. The van der Waals surface area contributed by atoms with Crippen LogP contribution in [0.4, 0.5) is 0 Å². The zero-order valence-electron chi connectivity index (χ0n) is 6.61. The van der Waals surface area contributed by atoms with E-state index in [0.29, 0.717) is 22.0 Å². The smallest absolute Gasteiger partial charge is 0.152 e. The topological polar surface area (TPSA) is 69.5 Å². The van der Waals surface area contributed by atoms with Crippen LogP contribution in [0.25, 0.3) is 10.9 Å². The summed E-state index contributed by atoms with van der Waals surface area (Å²) in [5.41, 5.74) is 1.62. The molecule has 0 atom stereocenters. The first kappa shape index (κ1) is 7.50. The maximum Gasteiger partial charge on any atom is 0.152 e. The van der Waals surface area contributed by atoms with Crippen molar-refractivity contribution in [2.45, 2.75) is 0 Å². The molecule has 4 nitrogen and oxygen atoms in total. The quantitative estimate of drug-likeness (QED) is 0.656. The number of aldehydes is 1. The van der Waals surface area contributed by atoms with Crippen molar-refractivity contribution in [2.75, 3.05) is 0 Å². The third-order valence-corrected chi connectivity index (χ3v) is 1.87. The van der Waals surface area contributed by atoms with Gasteiger partial charge >= 0.3 is 0 Å². The molecule has 0 unspecified atom stereocenters. The van der Waals surface area contributed by atoms with Crippen LogP contribution >= 0.6 is 0 Å². The van der Waals surface area contributed by atoms with Crippen LogP contribution in [0, 0.1) is 11.3 Å². The molecule has 0 fully saturated rings. The zero-order valence-corrected chi connectivity index (χ0v) is 6.61. The number of hydrogen-bond donors (Lipinski definition) is 1. The number of carbonyl (C=O) groups excluding carboxylic acids is 1. The molecule has 2 aromatic rings. The van der Waals surface area contributed by atoms with Gasteiger partial charge in [0.05, 0.1) is 17.3 Å². The molecule has 0 saturated carbocycles. The zero-order chi connectivity index (χ0) is 9.26. The second-order valence-corrected chi connectivity index (χ2v) is 2.58. The molecular formula is C9H5N3O.